The van der Waals surface area contributed by atoms with Gasteiger partial charge >= 0.3 is 0 Å². The van der Waals surface area contributed by atoms with Gasteiger partial charge < -0.3 is 16.0 Å². The van der Waals surface area contributed by atoms with Crippen LogP contribution in [0.3, 0.4) is 0 Å². The zero-order chi connectivity index (χ0) is 12.4. The molecular weight excluding hydrogens is 218 g/mol. The van der Waals surface area contributed by atoms with Crippen molar-refractivity contribution in [1.82, 2.24) is 10.2 Å². The molecule has 2 atom stereocenters. The summed E-state index contributed by atoms with van der Waals surface area (Å²) in [5, 5.41) is 2.73. The maximum atomic E-state index is 12.1. The Morgan fingerprint density at radius 2 is 2.06 bits per heavy atom. The third kappa shape index (κ3) is 2.77. The molecule has 2 fully saturated rings. The van der Waals surface area contributed by atoms with Crippen molar-refractivity contribution in [2.75, 3.05) is 13.1 Å². The number of rotatable bonds is 2. The molecule has 2 heterocycles. The van der Waals surface area contributed by atoms with Gasteiger partial charge in [0.15, 0.2) is 0 Å². The standard InChI is InChI=1S/C12H21N3O2/c1-8(13)9-4-6-15(7-5-9)12(17)10-2-3-11(16)14-10/h8-10H,2-7,13H2,1H3,(H,14,16)/t8?,10-/m1/s1. The van der Waals surface area contributed by atoms with Crippen molar-refractivity contribution in [2.24, 2.45) is 11.7 Å². The third-order valence-corrected chi connectivity index (χ3v) is 3.89. The zero-order valence-corrected chi connectivity index (χ0v) is 10.3. The Morgan fingerprint density at radius 1 is 1.41 bits per heavy atom. The molecule has 2 aliphatic rings. The average molecular weight is 239 g/mol. The quantitative estimate of drug-likeness (QED) is 0.703. The van der Waals surface area contributed by atoms with Crippen molar-refractivity contribution in [2.45, 2.75) is 44.7 Å². The summed E-state index contributed by atoms with van der Waals surface area (Å²) in [6, 6.07) is -0.0761. The highest BCUT2D eigenvalue weighted by Gasteiger charge is 2.33. The fourth-order valence-corrected chi connectivity index (χ4v) is 2.67. The number of piperidine rings is 1. The Bertz CT molecular complexity index is 309. The largest absolute Gasteiger partial charge is 0.344 e. The van der Waals surface area contributed by atoms with E-state index in [2.05, 4.69) is 5.32 Å². The molecule has 96 valence electrons. The Kier molecular flexibility index (Phi) is 3.66. The lowest BCUT2D eigenvalue weighted by Crippen LogP contribution is -2.49. The van der Waals surface area contributed by atoms with Crippen LogP contribution < -0.4 is 11.1 Å². The highest BCUT2D eigenvalue weighted by atomic mass is 16.2. The zero-order valence-electron chi connectivity index (χ0n) is 10.3. The van der Waals surface area contributed by atoms with Crippen molar-refractivity contribution < 1.29 is 9.59 Å². The minimum atomic E-state index is -0.283. The van der Waals surface area contributed by atoms with Gasteiger partial charge in [0.05, 0.1) is 0 Å². The molecule has 2 aliphatic heterocycles. The van der Waals surface area contributed by atoms with Crippen LogP contribution in [0.5, 0.6) is 0 Å². The summed E-state index contributed by atoms with van der Waals surface area (Å²) in [5.41, 5.74) is 5.87. The van der Waals surface area contributed by atoms with Crippen LogP contribution in [0.15, 0.2) is 0 Å². The lowest BCUT2D eigenvalue weighted by atomic mass is 9.90. The molecule has 0 aromatic heterocycles. The highest BCUT2D eigenvalue weighted by Crippen LogP contribution is 2.21. The van der Waals surface area contributed by atoms with Crippen LogP contribution in [-0.4, -0.2) is 41.9 Å². The summed E-state index contributed by atoms with van der Waals surface area (Å²) in [7, 11) is 0. The number of nitrogens with one attached hydrogen (secondary N) is 1. The first kappa shape index (κ1) is 12.4. The first-order valence-corrected chi connectivity index (χ1v) is 6.41. The lowest BCUT2D eigenvalue weighted by molar-refractivity contribution is -0.135. The molecule has 0 bridgehead atoms. The molecule has 5 nitrogen and oxygen atoms in total. The summed E-state index contributed by atoms with van der Waals surface area (Å²) in [4.78, 5) is 25.1. The van der Waals surface area contributed by atoms with Crippen molar-refractivity contribution in [3.8, 4) is 0 Å². The summed E-state index contributed by atoms with van der Waals surface area (Å²) in [6.45, 7) is 3.58. The predicted molar refractivity (Wildman–Crippen MR) is 64.1 cm³/mol. The lowest BCUT2D eigenvalue weighted by Gasteiger charge is -2.34. The number of carbonyl (C=O) groups excluding carboxylic acids is 2. The summed E-state index contributed by atoms with van der Waals surface area (Å²) in [5.74, 6) is 0.602. The molecule has 5 heteroatoms. The Hall–Kier alpha value is -1.10. The monoisotopic (exact) mass is 239 g/mol. The molecule has 0 aliphatic carbocycles. The number of likely N-dealkylation sites (tertiary alicyclic amines) is 1. The van der Waals surface area contributed by atoms with Crippen molar-refractivity contribution in [3.05, 3.63) is 0 Å². The molecule has 2 rings (SSSR count). The van der Waals surface area contributed by atoms with Crippen LogP contribution in [0.4, 0.5) is 0 Å². The van der Waals surface area contributed by atoms with Gasteiger partial charge in [0.1, 0.15) is 6.04 Å². The van der Waals surface area contributed by atoms with E-state index in [0.717, 1.165) is 25.9 Å². The van der Waals surface area contributed by atoms with Crippen LogP contribution in [0, 0.1) is 5.92 Å². The van der Waals surface area contributed by atoms with E-state index in [9.17, 15) is 9.59 Å². The van der Waals surface area contributed by atoms with Crippen LogP contribution in [0.2, 0.25) is 0 Å². The molecule has 0 spiro atoms. The fourth-order valence-electron chi connectivity index (χ4n) is 2.67. The van der Waals surface area contributed by atoms with E-state index >= 15 is 0 Å². The molecule has 0 aromatic rings. The highest BCUT2D eigenvalue weighted by molar-refractivity contribution is 5.90. The van der Waals surface area contributed by atoms with Crippen molar-refractivity contribution in [1.29, 1.82) is 0 Å². The van der Waals surface area contributed by atoms with Crippen molar-refractivity contribution in [3.63, 3.8) is 0 Å². The number of hydrogen-bond donors (Lipinski definition) is 2. The molecule has 1 unspecified atom stereocenters. The Balaban J connectivity index is 1.84. The Morgan fingerprint density at radius 3 is 2.53 bits per heavy atom. The molecule has 2 amide bonds. The SMILES string of the molecule is CC(N)C1CCN(C(=O)[C@H]2CCC(=O)N2)CC1. The summed E-state index contributed by atoms with van der Waals surface area (Å²) < 4.78 is 0. The number of nitrogens with zero attached hydrogens (tertiary/aromatic N) is 1. The van der Waals surface area contributed by atoms with Gasteiger partial charge in [-0.05, 0) is 32.1 Å². The minimum absolute atomic E-state index is 0.00573. The molecular formula is C12H21N3O2. The Labute approximate surface area is 102 Å². The van der Waals surface area contributed by atoms with Gasteiger partial charge in [-0.25, -0.2) is 0 Å². The molecule has 3 N–H and O–H groups in total. The van der Waals surface area contributed by atoms with Gasteiger partial charge in [0.2, 0.25) is 11.8 Å². The number of nitrogens with two attached hydrogens (primary N) is 1. The molecule has 17 heavy (non-hydrogen) atoms. The van der Waals surface area contributed by atoms with E-state index in [1.165, 1.54) is 0 Å². The van der Waals surface area contributed by atoms with E-state index in [-0.39, 0.29) is 23.9 Å². The van der Waals surface area contributed by atoms with E-state index in [4.69, 9.17) is 5.73 Å². The van der Waals surface area contributed by atoms with E-state index in [1.807, 2.05) is 11.8 Å². The fraction of sp³-hybridized carbons (Fsp3) is 0.833. The van der Waals surface area contributed by atoms with Gasteiger partial charge in [-0.15, -0.1) is 0 Å². The molecule has 2 saturated heterocycles. The van der Waals surface area contributed by atoms with Gasteiger partial charge in [-0.2, -0.15) is 0 Å². The summed E-state index contributed by atoms with van der Waals surface area (Å²) >= 11 is 0. The van der Waals surface area contributed by atoms with Gasteiger partial charge in [0.25, 0.3) is 0 Å². The van der Waals surface area contributed by atoms with Gasteiger partial charge in [-0.3, -0.25) is 9.59 Å². The smallest absolute Gasteiger partial charge is 0.245 e. The molecule has 0 radical (unpaired) electrons. The second kappa shape index (κ2) is 5.04. The maximum Gasteiger partial charge on any atom is 0.245 e. The second-order valence-corrected chi connectivity index (χ2v) is 5.18. The average Bonchev–Trinajstić information content (AvgIpc) is 2.75. The third-order valence-electron chi connectivity index (χ3n) is 3.89. The number of carbonyl (C=O) groups is 2. The molecule has 0 saturated carbocycles. The summed E-state index contributed by atoms with van der Waals surface area (Å²) in [6.07, 6.45) is 3.08. The van der Waals surface area contributed by atoms with Gasteiger partial charge in [-0.1, -0.05) is 0 Å². The van der Waals surface area contributed by atoms with Crippen LogP contribution in [0.1, 0.15) is 32.6 Å². The molecule has 0 aromatic carbocycles. The predicted octanol–water partition coefficient (Wildman–Crippen LogP) is -0.149. The van der Waals surface area contributed by atoms with E-state index in [0.29, 0.717) is 18.8 Å². The van der Waals surface area contributed by atoms with E-state index in [1.54, 1.807) is 0 Å². The van der Waals surface area contributed by atoms with E-state index < -0.39 is 0 Å². The number of amides is 2. The minimum Gasteiger partial charge on any atom is -0.344 e. The number of hydrogen-bond acceptors (Lipinski definition) is 3. The first-order valence-electron chi connectivity index (χ1n) is 6.41. The second-order valence-electron chi connectivity index (χ2n) is 5.18. The normalized spacial score (nSPS) is 28.0. The van der Waals surface area contributed by atoms with Crippen LogP contribution in [-0.2, 0) is 9.59 Å². The van der Waals surface area contributed by atoms with Crippen LogP contribution in [0.25, 0.3) is 0 Å². The topological polar surface area (TPSA) is 75.4 Å². The van der Waals surface area contributed by atoms with Crippen molar-refractivity contribution >= 4 is 11.8 Å². The van der Waals surface area contributed by atoms with Gasteiger partial charge in [0, 0.05) is 25.6 Å². The first-order chi connectivity index (χ1) is 8.08. The van der Waals surface area contributed by atoms with Crippen LogP contribution >= 0.6 is 0 Å². The maximum absolute atomic E-state index is 12.1.